The van der Waals surface area contributed by atoms with Crippen LogP contribution in [0.3, 0.4) is 0 Å². The minimum absolute atomic E-state index is 0.576. The van der Waals surface area contributed by atoms with Crippen molar-refractivity contribution in [3.8, 4) is 5.75 Å². The van der Waals surface area contributed by atoms with Crippen LogP contribution in [0.1, 0.15) is 31.4 Å². The average molecular weight is 321 g/mol. The summed E-state index contributed by atoms with van der Waals surface area (Å²) in [4.78, 5) is 4.25. The quantitative estimate of drug-likeness (QED) is 0.417. The normalized spacial score (nSPS) is 11.7. The molecule has 0 spiro atoms. The van der Waals surface area contributed by atoms with E-state index in [9.17, 15) is 0 Å². The minimum atomic E-state index is 0.576. The summed E-state index contributed by atoms with van der Waals surface area (Å²) >= 11 is 0. The van der Waals surface area contributed by atoms with Crippen molar-refractivity contribution in [1.82, 2.24) is 10.6 Å². The molecule has 5 heteroatoms. The van der Waals surface area contributed by atoms with Crippen LogP contribution in [-0.4, -0.2) is 39.9 Å². The summed E-state index contributed by atoms with van der Waals surface area (Å²) in [6.07, 6.45) is 0.884. The van der Waals surface area contributed by atoms with Crippen molar-refractivity contribution < 1.29 is 9.47 Å². The Hall–Kier alpha value is -1.75. The standard InChI is InChI=1S/C18H31N3O2/c1-14(2)12-20-18(19-4)21-13-16-8-7-15(3)11-17(16)23-10-6-9-22-5/h7-8,11,14H,6,9-10,12-13H2,1-5H3,(H2,19,20,21). The minimum Gasteiger partial charge on any atom is -0.493 e. The van der Waals surface area contributed by atoms with E-state index < -0.39 is 0 Å². The van der Waals surface area contributed by atoms with Crippen LogP contribution >= 0.6 is 0 Å². The van der Waals surface area contributed by atoms with Gasteiger partial charge in [0, 0.05) is 45.8 Å². The molecular weight excluding hydrogens is 290 g/mol. The summed E-state index contributed by atoms with van der Waals surface area (Å²) in [6, 6.07) is 6.28. The largest absolute Gasteiger partial charge is 0.493 e. The van der Waals surface area contributed by atoms with E-state index in [1.165, 1.54) is 5.56 Å². The Morgan fingerprint density at radius 2 is 2.00 bits per heavy atom. The van der Waals surface area contributed by atoms with Crippen LogP contribution in [0.5, 0.6) is 5.75 Å². The van der Waals surface area contributed by atoms with Gasteiger partial charge in [-0.1, -0.05) is 26.0 Å². The van der Waals surface area contributed by atoms with E-state index in [4.69, 9.17) is 9.47 Å². The predicted molar refractivity (Wildman–Crippen MR) is 96.2 cm³/mol. The van der Waals surface area contributed by atoms with Gasteiger partial charge in [0.25, 0.3) is 0 Å². The maximum absolute atomic E-state index is 5.90. The Kier molecular flexibility index (Phi) is 9.14. The maximum Gasteiger partial charge on any atom is 0.191 e. The van der Waals surface area contributed by atoms with Crippen molar-refractivity contribution in [3.63, 3.8) is 0 Å². The molecule has 0 fully saturated rings. The highest BCUT2D eigenvalue weighted by molar-refractivity contribution is 5.79. The number of hydrogen-bond donors (Lipinski definition) is 2. The monoisotopic (exact) mass is 321 g/mol. The molecule has 5 nitrogen and oxygen atoms in total. The van der Waals surface area contributed by atoms with Crippen molar-refractivity contribution in [2.75, 3.05) is 33.9 Å². The number of aliphatic imine (C=N–C) groups is 1. The summed E-state index contributed by atoms with van der Waals surface area (Å²) in [5.41, 5.74) is 2.32. The van der Waals surface area contributed by atoms with E-state index in [0.29, 0.717) is 25.7 Å². The van der Waals surface area contributed by atoms with Gasteiger partial charge < -0.3 is 20.1 Å². The van der Waals surface area contributed by atoms with Crippen LogP contribution < -0.4 is 15.4 Å². The molecule has 1 aromatic rings. The van der Waals surface area contributed by atoms with Crippen LogP contribution in [-0.2, 0) is 11.3 Å². The molecule has 0 aromatic heterocycles. The first kappa shape index (κ1) is 19.3. The highest BCUT2D eigenvalue weighted by Crippen LogP contribution is 2.20. The first-order chi connectivity index (χ1) is 11.1. The third kappa shape index (κ3) is 7.88. The fourth-order valence-corrected chi connectivity index (χ4v) is 2.03. The van der Waals surface area contributed by atoms with Gasteiger partial charge in [0.2, 0.25) is 0 Å². The van der Waals surface area contributed by atoms with Gasteiger partial charge in [-0.15, -0.1) is 0 Å². The van der Waals surface area contributed by atoms with E-state index >= 15 is 0 Å². The van der Waals surface area contributed by atoms with Crippen LogP contribution in [0.2, 0.25) is 0 Å². The molecule has 0 radical (unpaired) electrons. The molecule has 0 unspecified atom stereocenters. The fraction of sp³-hybridized carbons (Fsp3) is 0.611. The van der Waals surface area contributed by atoms with Gasteiger partial charge in [-0.05, 0) is 24.5 Å². The van der Waals surface area contributed by atoms with Crippen molar-refractivity contribution in [2.45, 2.75) is 33.7 Å². The van der Waals surface area contributed by atoms with E-state index in [0.717, 1.165) is 30.2 Å². The SMILES string of the molecule is CN=C(NCc1ccc(C)cc1OCCCOC)NCC(C)C. The number of ether oxygens (including phenoxy) is 2. The second-order valence-corrected chi connectivity index (χ2v) is 6.01. The van der Waals surface area contributed by atoms with Gasteiger partial charge in [-0.2, -0.15) is 0 Å². The predicted octanol–water partition coefficient (Wildman–Crippen LogP) is 2.73. The van der Waals surface area contributed by atoms with Gasteiger partial charge in [-0.3, -0.25) is 4.99 Å². The first-order valence-corrected chi connectivity index (χ1v) is 8.22. The van der Waals surface area contributed by atoms with E-state index in [1.807, 2.05) is 0 Å². The highest BCUT2D eigenvalue weighted by atomic mass is 16.5. The maximum atomic E-state index is 5.90. The summed E-state index contributed by atoms with van der Waals surface area (Å²) < 4.78 is 11.0. The number of hydrogen-bond acceptors (Lipinski definition) is 3. The molecule has 0 saturated heterocycles. The Morgan fingerprint density at radius 3 is 2.65 bits per heavy atom. The van der Waals surface area contributed by atoms with Gasteiger partial charge in [-0.25, -0.2) is 0 Å². The summed E-state index contributed by atoms with van der Waals surface area (Å²) in [5, 5.41) is 6.65. The lowest BCUT2D eigenvalue weighted by Gasteiger charge is -2.16. The van der Waals surface area contributed by atoms with Crippen molar-refractivity contribution in [3.05, 3.63) is 29.3 Å². The summed E-state index contributed by atoms with van der Waals surface area (Å²) in [7, 11) is 3.49. The van der Waals surface area contributed by atoms with E-state index in [2.05, 4.69) is 54.6 Å². The molecule has 23 heavy (non-hydrogen) atoms. The van der Waals surface area contributed by atoms with Gasteiger partial charge in [0.05, 0.1) is 6.61 Å². The number of guanidine groups is 1. The number of rotatable bonds is 9. The lowest BCUT2D eigenvalue weighted by Crippen LogP contribution is -2.38. The fourth-order valence-electron chi connectivity index (χ4n) is 2.03. The molecule has 0 aliphatic carbocycles. The summed E-state index contributed by atoms with van der Waals surface area (Å²) in [6.45, 7) is 9.36. The van der Waals surface area contributed by atoms with Crippen molar-refractivity contribution in [1.29, 1.82) is 0 Å². The zero-order valence-electron chi connectivity index (χ0n) is 15.1. The average Bonchev–Trinajstić information content (AvgIpc) is 2.53. The Labute approximate surface area is 140 Å². The van der Waals surface area contributed by atoms with Gasteiger partial charge in [0.1, 0.15) is 5.75 Å². The molecule has 130 valence electrons. The molecule has 0 saturated carbocycles. The second-order valence-electron chi connectivity index (χ2n) is 6.01. The molecule has 0 bridgehead atoms. The molecule has 1 rings (SSSR count). The topological polar surface area (TPSA) is 54.9 Å². The molecule has 0 heterocycles. The highest BCUT2D eigenvalue weighted by Gasteiger charge is 2.06. The molecule has 1 aromatic carbocycles. The number of methoxy groups -OCH3 is 1. The lowest BCUT2D eigenvalue weighted by molar-refractivity contribution is 0.171. The van der Waals surface area contributed by atoms with Crippen LogP contribution in [0.15, 0.2) is 23.2 Å². The Morgan fingerprint density at radius 1 is 1.22 bits per heavy atom. The van der Waals surface area contributed by atoms with Gasteiger partial charge in [0.15, 0.2) is 5.96 Å². The second kappa shape index (κ2) is 10.9. The molecule has 2 N–H and O–H groups in total. The number of nitrogens with one attached hydrogen (secondary N) is 2. The molecule has 0 aliphatic rings. The smallest absolute Gasteiger partial charge is 0.191 e. The molecular formula is C18H31N3O2. The third-order valence-electron chi connectivity index (χ3n) is 3.32. The zero-order chi connectivity index (χ0) is 17.1. The first-order valence-electron chi connectivity index (χ1n) is 8.22. The van der Waals surface area contributed by atoms with Crippen molar-refractivity contribution in [2.24, 2.45) is 10.9 Å². The van der Waals surface area contributed by atoms with Gasteiger partial charge >= 0.3 is 0 Å². The molecule has 0 aliphatic heterocycles. The van der Waals surface area contributed by atoms with Crippen molar-refractivity contribution >= 4 is 5.96 Å². The van der Waals surface area contributed by atoms with E-state index in [1.54, 1.807) is 14.2 Å². The summed E-state index contributed by atoms with van der Waals surface area (Å²) in [5.74, 6) is 2.31. The lowest BCUT2D eigenvalue weighted by atomic mass is 10.1. The molecule has 0 amide bonds. The van der Waals surface area contributed by atoms with E-state index in [-0.39, 0.29) is 0 Å². The van der Waals surface area contributed by atoms with Crippen LogP contribution in [0.25, 0.3) is 0 Å². The Bertz CT molecular complexity index is 487. The van der Waals surface area contributed by atoms with Crippen LogP contribution in [0, 0.1) is 12.8 Å². The Balaban J connectivity index is 2.60. The number of aryl methyl sites for hydroxylation is 1. The molecule has 0 atom stereocenters. The number of nitrogens with zero attached hydrogens (tertiary/aromatic N) is 1. The van der Waals surface area contributed by atoms with Crippen LogP contribution in [0.4, 0.5) is 0 Å². The zero-order valence-corrected chi connectivity index (χ0v) is 15.1. The third-order valence-corrected chi connectivity index (χ3v) is 3.32. The number of benzene rings is 1.